The largest absolute Gasteiger partial charge is 0.496 e. The molecule has 1 aliphatic heterocycles. The maximum atomic E-state index is 6.32. The summed E-state index contributed by atoms with van der Waals surface area (Å²) in [6, 6.07) is 0. The summed E-state index contributed by atoms with van der Waals surface area (Å²) in [4.78, 5) is 0. The molecule has 0 bridgehead atoms. The SMILES string of the molecule is C[C@@H]1OC=CC[C@@H]1O[Si](C)(C)C(C)(C)C. The third kappa shape index (κ3) is 3.08. The first kappa shape index (κ1) is 12.8. The van der Waals surface area contributed by atoms with Gasteiger partial charge in [0.1, 0.15) is 6.10 Å². The monoisotopic (exact) mass is 228 g/mol. The van der Waals surface area contributed by atoms with Crippen molar-refractivity contribution in [3.05, 3.63) is 12.3 Å². The van der Waals surface area contributed by atoms with Crippen LogP contribution in [-0.2, 0) is 9.16 Å². The van der Waals surface area contributed by atoms with Gasteiger partial charge in [-0.05, 0) is 37.6 Å². The fourth-order valence-electron chi connectivity index (χ4n) is 1.35. The molecule has 0 saturated heterocycles. The number of hydrogen-bond acceptors (Lipinski definition) is 2. The maximum Gasteiger partial charge on any atom is 0.192 e. The van der Waals surface area contributed by atoms with Crippen LogP contribution in [0, 0.1) is 0 Å². The minimum absolute atomic E-state index is 0.184. The fraction of sp³-hybridized carbons (Fsp3) is 0.833. The first-order valence-corrected chi connectivity index (χ1v) is 8.63. The van der Waals surface area contributed by atoms with Gasteiger partial charge in [-0.25, -0.2) is 0 Å². The summed E-state index contributed by atoms with van der Waals surface area (Å²) < 4.78 is 11.8. The van der Waals surface area contributed by atoms with Crippen LogP contribution < -0.4 is 0 Å². The van der Waals surface area contributed by atoms with Gasteiger partial charge in [-0.2, -0.15) is 0 Å². The molecule has 0 aliphatic carbocycles. The van der Waals surface area contributed by atoms with Gasteiger partial charge in [0.2, 0.25) is 0 Å². The van der Waals surface area contributed by atoms with Crippen molar-refractivity contribution >= 4 is 8.32 Å². The predicted octanol–water partition coefficient (Wildman–Crippen LogP) is 3.70. The molecule has 3 heteroatoms. The van der Waals surface area contributed by atoms with E-state index in [1.165, 1.54) is 0 Å². The van der Waals surface area contributed by atoms with Gasteiger partial charge in [0.25, 0.3) is 0 Å². The molecule has 15 heavy (non-hydrogen) atoms. The van der Waals surface area contributed by atoms with Crippen molar-refractivity contribution in [1.82, 2.24) is 0 Å². The molecule has 0 fully saturated rings. The smallest absolute Gasteiger partial charge is 0.192 e. The summed E-state index contributed by atoms with van der Waals surface area (Å²) in [5.74, 6) is 0. The Morgan fingerprint density at radius 3 is 2.40 bits per heavy atom. The second-order valence-corrected chi connectivity index (χ2v) is 10.6. The van der Waals surface area contributed by atoms with Gasteiger partial charge in [0, 0.05) is 0 Å². The average molecular weight is 228 g/mol. The Bertz CT molecular complexity index is 240. The lowest BCUT2D eigenvalue weighted by atomic mass is 10.1. The van der Waals surface area contributed by atoms with E-state index < -0.39 is 8.32 Å². The van der Waals surface area contributed by atoms with E-state index in [4.69, 9.17) is 9.16 Å². The Morgan fingerprint density at radius 2 is 1.93 bits per heavy atom. The van der Waals surface area contributed by atoms with Gasteiger partial charge < -0.3 is 9.16 Å². The lowest BCUT2D eigenvalue weighted by Crippen LogP contribution is -2.47. The average Bonchev–Trinajstić information content (AvgIpc) is 2.06. The molecule has 0 aromatic heterocycles. The normalized spacial score (nSPS) is 27.6. The summed E-state index contributed by atoms with van der Waals surface area (Å²) >= 11 is 0. The van der Waals surface area contributed by atoms with E-state index in [0.29, 0.717) is 0 Å². The highest BCUT2D eigenvalue weighted by atomic mass is 28.4. The van der Waals surface area contributed by atoms with Crippen molar-refractivity contribution in [2.75, 3.05) is 0 Å². The molecule has 0 spiro atoms. The Hall–Kier alpha value is -0.283. The molecule has 0 aromatic carbocycles. The highest BCUT2D eigenvalue weighted by Crippen LogP contribution is 2.38. The predicted molar refractivity (Wildman–Crippen MR) is 66.4 cm³/mol. The van der Waals surface area contributed by atoms with Crippen LogP contribution in [0.5, 0.6) is 0 Å². The van der Waals surface area contributed by atoms with E-state index in [1.807, 2.05) is 0 Å². The third-order valence-corrected chi connectivity index (χ3v) is 8.04. The van der Waals surface area contributed by atoms with Crippen LogP contribution in [-0.4, -0.2) is 20.5 Å². The number of rotatable bonds is 2. The van der Waals surface area contributed by atoms with Crippen molar-refractivity contribution < 1.29 is 9.16 Å². The molecule has 0 saturated carbocycles. The second kappa shape index (κ2) is 4.30. The molecule has 1 heterocycles. The second-order valence-electron chi connectivity index (χ2n) is 5.87. The van der Waals surface area contributed by atoms with Gasteiger partial charge in [-0.3, -0.25) is 0 Å². The van der Waals surface area contributed by atoms with Crippen molar-refractivity contribution in [1.29, 1.82) is 0 Å². The zero-order valence-electron chi connectivity index (χ0n) is 10.8. The van der Waals surface area contributed by atoms with Gasteiger partial charge in [0.05, 0.1) is 12.4 Å². The first-order valence-electron chi connectivity index (χ1n) is 5.72. The Balaban J connectivity index is 2.64. The lowest BCUT2D eigenvalue weighted by Gasteiger charge is -2.41. The van der Waals surface area contributed by atoms with Gasteiger partial charge in [0.15, 0.2) is 8.32 Å². The van der Waals surface area contributed by atoms with E-state index in [9.17, 15) is 0 Å². The topological polar surface area (TPSA) is 18.5 Å². The molecule has 1 aliphatic rings. The van der Waals surface area contributed by atoms with Crippen LogP contribution in [0.3, 0.4) is 0 Å². The minimum Gasteiger partial charge on any atom is -0.496 e. The van der Waals surface area contributed by atoms with E-state index in [-0.39, 0.29) is 17.2 Å². The van der Waals surface area contributed by atoms with Crippen LogP contribution >= 0.6 is 0 Å². The summed E-state index contributed by atoms with van der Waals surface area (Å²) in [6.45, 7) is 13.5. The van der Waals surface area contributed by atoms with E-state index in [1.54, 1.807) is 6.26 Å². The highest BCUT2D eigenvalue weighted by Gasteiger charge is 2.40. The highest BCUT2D eigenvalue weighted by molar-refractivity contribution is 6.74. The quantitative estimate of drug-likeness (QED) is 0.671. The minimum atomic E-state index is -1.65. The Labute approximate surface area is 94.8 Å². The molecule has 88 valence electrons. The van der Waals surface area contributed by atoms with Crippen molar-refractivity contribution in [3.8, 4) is 0 Å². The van der Waals surface area contributed by atoms with Gasteiger partial charge in [-0.1, -0.05) is 20.8 Å². The van der Waals surface area contributed by atoms with Gasteiger partial charge >= 0.3 is 0 Å². The van der Waals surface area contributed by atoms with Crippen molar-refractivity contribution in [2.45, 2.75) is 64.5 Å². The molecule has 0 radical (unpaired) electrons. The summed E-state index contributed by atoms with van der Waals surface area (Å²) in [5, 5.41) is 0.272. The third-order valence-electron chi connectivity index (χ3n) is 3.53. The van der Waals surface area contributed by atoms with Crippen molar-refractivity contribution in [3.63, 3.8) is 0 Å². The van der Waals surface area contributed by atoms with E-state index >= 15 is 0 Å². The molecular formula is C12H24O2Si. The zero-order valence-corrected chi connectivity index (χ0v) is 11.8. The summed E-state index contributed by atoms with van der Waals surface area (Å²) in [5.41, 5.74) is 0. The molecule has 2 nitrogen and oxygen atoms in total. The lowest BCUT2D eigenvalue weighted by molar-refractivity contribution is 0.0174. The standard InChI is InChI=1S/C12H24O2Si/c1-10-11(8-7-9-13-10)14-15(5,6)12(2,3)4/h7,9-11H,8H2,1-6H3/t10-,11-/m0/s1. The molecular weight excluding hydrogens is 204 g/mol. The number of hydrogen-bond donors (Lipinski definition) is 0. The zero-order chi connectivity index (χ0) is 11.7. The van der Waals surface area contributed by atoms with Crippen LogP contribution in [0.15, 0.2) is 12.3 Å². The number of ether oxygens (including phenoxy) is 1. The van der Waals surface area contributed by atoms with E-state index in [2.05, 4.69) is 46.9 Å². The van der Waals surface area contributed by atoms with Crippen LogP contribution in [0.4, 0.5) is 0 Å². The molecule has 2 atom stereocenters. The van der Waals surface area contributed by atoms with Crippen LogP contribution in [0.1, 0.15) is 34.1 Å². The maximum absolute atomic E-state index is 6.32. The summed E-state index contributed by atoms with van der Waals surface area (Å²) in [7, 11) is -1.65. The van der Waals surface area contributed by atoms with Crippen LogP contribution in [0.25, 0.3) is 0 Å². The Kier molecular flexibility index (Phi) is 3.66. The first-order chi connectivity index (χ1) is 6.74. The molecule has 0 N–H and O–H groups in total. The van der Waals surface area contributed by atoms with Crippen LogP contribution in [0.2, 0.25) is 18.1 Å². The van der Waals surface area contributed by atoms with Crippen molar-refractivity contribution in [2.24, 2.45) is 0 Å². The summed E-state index contributed by atoms with van der Waals surface area (Å²) in [6.07, 6.45) is 5.24. The Morgan fingerprint density at radius 1 is 1.33 bits per heavy atom. The van der Waals surface area contributed by atoms with Gasteiger partial charge in [-0.15, -0.1) is 0 Å². The molecule has 0 unspecified atom stereocenters. The molecule has 1 rings (SSSR count). The molecule has 0 amide bonds. The fourth-order valence-corrected chi connectivity index (χ4v) is 2.75. The van der Waals surface area contributed by atoms with E-state index in [0.717, 1.165) is 6.42 Å². The molecule has 0 aromatic rings.